The van der Waals surface area contributed by atoms with Gasteiger partial charge in [-0.05, 0) is 85.4 Å². The minimum absolute atomic E-state index is 0.252. The number of benzene rings is 2. The molecule has 1 aliphatic rings. The maximum atomic E-state index is 5.85. The Morgan fingerprint density at radius 2 is 1.85 bits per heavy atom. The van der Waals surface area contributed by atoms with E-state index in [0.29, 0.717) is 16.8 Å². The van der Waals surface area contributed by atoms with Gasteiger partial charge in [-0.15, -0.1) is 11.3 Å². The second-order valence-electron chi connectivity index (χ2n) is 8.16. The van der Waals surface area contributed by atoms with Crippen molar-refractivity contribution in [2.24, 2.45) is 0 Å². The van der Waals surface area contributed by atoms with Crippen LogP contribution in [0.2, 0.25) is 0 Å². The van der Waals surface area contributed by atoms with Gasteiger partial charge in [0.2, 0.25) is 5.82 Å². The van der Waals surface area contributed by atoms with Gasteiger partial charge < -0.3 is 14.6 Å². The molecule has 8 heteroatoms. The Morgan fingerprint density at radius 1 is 1.06 bits per heavy atom. The molecule has 0 spiro atoms. The number of rotatable bonds is 5. The van der Waals surface area contributed by atoms with Crippen molar-refractivity contribution >= 4 is 39.9 Å². The summed E-state index contributed by atoms with van der Waals surface area (Å²) in [4.78, 5) is 7.75. The zero-order valence-corrected chi connectivity index (χ0v) is 21.0. The second-order valence-corrected chi connectivity index (χ2v) is 9.49. The molecule has 1 N–H and O–H groups in total. The molecule has 34 heavy (non-hydrogen) atoms. The smallest absolute Gasteiger partial charge is 0.258 e. The number of hydrogen-bond donors (Lipinski definition) is 1. The molecule has 172 valence electrons. The van der Waals surface area contributed by atoms with Crippen LogP contribution in [0.4, 0.5) is 5.69 Å². The van der Waals surface area contributed by atoms with Crippen LogP contribution >= 0.6 is 23.6 Å². The fourth-order valence-corrected chi connectivity index (χ4v) is 5.09. The Labute approximate surface area is 207 Å². The third-order valence-corrected chi connectivity index (χ3v) is 7.25. The summed E-state index contributed by atoms with van der Waals surface area (Å²) in [5, 5.41) is 10.4. The number of thiophene rings is 1. The van der Waals surface area contributed by atoms with Crippen LogP contribution in [0.1, 0.15) is 35.5 Å². The first kappa shape index (κ1) is 22.3. The highest BCUT2D eigenvalue weighted by molar-refractivity contribution is 7.80. The molecule has 3 heterocycles. The number of anilines is 1. The van der Waals surface area contributed by atoms with Crippen molar-refractivity contribution < 1.29 is 9.26 Å². The maximum Gasteiger partial charge on any atom is 0.258 e. The minimum atomic E-state index is -0.252. The number of hydrogen-bond acceptors (Lipinski definition) is 6. The molecule has 0 saturated carbocycles. The standard InChI is InChI=1S/C26H24N4O2S2/c1-15-7-10-19(14-16(15)2)30-17(3)22(25-28-24(29-32-25)21-6-5-13-34-21)23(27-26(30)33)18-8-11-20(31-4)12-9-18/h5-14,23H,1-4H3,(H,27,33). The monoisotopic (exact) mass is 488 g/mol. The molecule has 6 nitrogen and oxygen atoms in total. The molecule has 0 saturated heterocycles. The lowest BCUT2D eigenvalue weighted by Crippen LogP contribution is -2.46. The van der Waals surface area contributed by atoms with E-state index in [1.54, 1.807) is 18.4 Å². The Kier molecular flexibility index (Phi) is 5.93. The molecule has 1 aliphatic heterocycles. The molecule has 0 radical (unpaired) electrons. The number of ether oxygens (including phenoxy) is 1. The maximum absolute atomic E-state index is 5.85. The number of nitrogens with one attached hydrogen (secondary N) is 1. The molecule has 0 fully saturated rings. The molecule has 5 rings (SSSR count). The van der Waals surface area contributed by atoms with Crippen LogP contribution in [0.3, 0.4) is 0 Å². The molecule has 2 aromatic heterocycles. The van der Waals surface area contributed by atoms with Gasteiger partial charge in [-0.2, -0.15) is 4.98 Å². The van der Waals surface area contributed by atoms with Crippen LogP contribution in [0, 0.1) is 13.8 Å². The van der Waals surface area contributed by atoms with E-state index in [4.69, 9.17) is 26.5 Å². The van der Waals surface area contributed by atoms with Crippen molar-refractivity contribution in [2.45, 2.75) is 26.8 Å². The average Bonchev–Trinajstić information content (AvgIpc) is 3.53. The quantitative estimate of drug-likeness (QED) is 0.331. The normalized spacial score (nSPS) is 16.1. The van der Waals surface area contributed by atoms with Crippen molar-refractivity contribution in [3.8, 4) is 16.5 Å². The first-order valence-corrected chi connectivity index (χ1v) is 12.2. The van der Waals surface area contributed by atoms with E-state index >= 15 is 0 Å². The Bertz CT molecular complexity index is 1370. The number of methoxy groups -OCH3 is 1. The second kappa shape index (κ2) is 9.04. The van der Waals surface area contributed by atoms with Crippen LogP contribution in [0.5, 0.6) is 5.75 Å². The first-order chi connectivity index (χ1) is 16.5. The van der Waals surface area contributed by atoms with Gasteiger partial charge in [-0.3, -0.25) is 4.90 Å². The van der Waals surface area contributed by atoms with Crippen molar-refractivity contribution in [1.82, 2.24) is 15.5 Å². The molecule has 0 bridgehead atoms. The number of thiocarbonyl (C=S) groups is 1. The predicted octanol–water partition coefficient (Wildman–Crippen LogP) is 6.29. The fourth-order valence-electron chi connectivity index (χ4n) is 4.08. The summed E-state index contributed by atoms with van der Waals surface area (Å²) >= 11 is 7.43. The Hall–Kier alpha value is -3.49. The highest BCUT2D eigenvalue weighted by atomic mass is 32.1. The Morgan fingerprint density at radius 3 is 2.53 bits per heavy atom. The van der Waals surface area contributed by atoms with Gasteiger partial charge in [0.15, 0.2) is 5.11 Å². The molecule has 2 aromatic carbocycles. The Balaban J connectivity index is 1.65. The van der Waals surface area contributed by atoms with Crippen molar-refractivity contribution in [3.05, 3.63) is 88.3 Å². The highest BCUT2D eigenvalue weighted by Crippen LogP contribution is 2.40. The highest BCUT2D eigenvalue weighted by Gasteiger charge is 2.35. The summed E-state index contributed by atoms with van der Waals surface area (Å²) in [5.41, 5.74) is 6.26. The van der Waals surface area contributed by atoms with Gasteiger partial charge in [0.05, 0.1) is 23.6 Å². The van der Waals surface area contributed by atoms with E-state index in [1.807, 2.05) is 53.6 Å². The third kappa shape index (κ3) is 3.99. The van der Waals surface area contributed by atoms with Crippen LogP contribution in [-0.2, 0) is 0 Å². The molecule has 0 amide bonds. The largest absolute Gasteiger partial charge is 0.497 e. The molecule has 0 aliphatic carbocycles. The van der Waals surface area contributed by atoms with Crippen molar-refractivity contribution in [3.63, 3.8) is 0 Å². The van der Waals surface area contributed by atoms with Crippen LogP contribution < -0.4 is 15.0 Å². The van der Waals surface area contributed by atoms with E-state index in [9.17, 15) is 0 Å². The van der Waals surface area contributed by atoms with Crippen molar-refractivity contribution in [1.29, 1.82) is 0 Å². The van der Waals surface area contributed by atoms with Crippen LogP contribution in [-0.4, -0.2) is 22.4 Å². The van der Waals surface area contributed by atoms with E-state index < -0.39 is 0 Å². The average molecular weight is 489 g/mol. The molecule has 1 atom stereocenters. The summed E-state index contributed by atoms with van der Waals surface area (Å²) in [6.07, 6.45) is 0. The summed E-state index contributed by atoms with van der Waals surface area (Å²) in [7, 11) is 1.66. The topological polar surface area (TPSA) is 63.4 Å². The van der Waals surface area contributed by atoms with Crippen LogP contribution in [0.15, 0.2) is 70.2 Å². The van der Waals surface area contributed by atoms with Gasteiger partial charge in [0, 0.05) is 11.4 Å². The summed E-state index contributed by atoms with van der Waals surface area (Å²) in [5.74, 6) is 1.83. The zero-order valence-electron chi connectivity index (χ0n) is 19.3. The summed E-state index contributed by atoms with van der Waals surface area (Å²) in [6, 6.07) is 18.0. The molecule has 4 aromatic rings. The van der Waals surface area contributed by atoms with Gasteiger partial charge in [0.25, 0.3) is 5.89 Å². The first-order valence-electron chi connectivity index (χ1n) is 10.9. The predicted molar refractivity (Wildman–Crippen MR) is 140 cm³/mol. The minimum Gasteiger partial charge on any atom is -0.497 e. The van der Waals surface area contributed by atoms with Gasteiger partial charge >= 0.3 is 0 Å². The lowest BCUT2D eigenvalue weighted by molar-refractivity contribution is 0.404. The molecular formula is C26H24N4O2S2. The van der Waals surface area contributed by atoms with E-state index in [-0.39, 0.29) is 6.04 Å². The van der Waals surface area contributed by atoms with E-state index in [2.05, 4.69) is 42.5 Å². The van der Waals surface area contributed by atoms with Crippen molar-refractivity contribution in [2.75, 3.05) is 12.0 Å². The van der Waals surface area contributed by atoms with E-state index in [0.717, 1.165) is 33.1 Å². The number of aromatic nitrogens is 2. The fraction of sp³-hybridized carbons (Fsp3) is 0.192. The summed E-state index contributed by atoms with van der Waals surface area (Å²) < 4.78 is 11.2. The zero-order chi connectivity index (χ0) is 23.8. The van der Waals surface area contributed by atoms with Gasteiger partial charge in [0.1, 0.15) is 5.75 Å². The van der Waals surface area contributed by atoms with Crippen LogP contribution in [0.25, 0.3) is 16.3 Å². The number of nitrogens with zero attached hydrogens (tertiary/aromatic N) is 3. The number of aryl methyl sites for hydroxylation is 2. The third-order valence-electron chi connectivity index (χ3n) is 6.08. The number of allylic oxidation sites excluding steroid dienone is 1. The molecule has 1 unspecified atom stereocenters. The SMILES string of the molecule is COc1ccc(C2NC(=S)N(c3ccc(C)c(C)c3)C(C)=C2c2nc(-c3cccs3)no2)cc1. The van der Waals surface area contributed by atoms with Gasteiger partial charge in [-0.1, -0.05) is 29.4 Å². The van der Waals surface area contributed by atoms with E-state index in [1.165, 1.54) is 11.1 Å². The lowest BCUT2D eigenvalue weighted by Gasteiger charge is -2.37. The summed E-state index contributed by atoms with van der Waals surface area (Å²) in [6.45, 7) is 6.25. The lowest BCUT2D eigenvalue weighted by atomic mass is 9.94. The van der Waals surface area contributed by atoms with Gasteiger partial charge in [-0.25, -0.2) is 0 Å². The molecular weight excluding hydrogens is 464 g/mol.